The van der Waals surface area contributed by atoms with Crippen LogP contribution < -0.4 is 10.6 Å². The zero-order chi connectivity index (χ0) is 14.3. The van der Waals surface area contributed by atoms with Crippen LogP contribution in [0.4, 0.5) is 0 Å². The molecule has 0 radical (unpaired) electrons. The topological polar surface area (TPSA) is 61.4 Å². The average Bonchev–Trinajstić information content (AvgIpc) is 2.42. The maximum absolute atomic E-state index is 11.8. The summed E-state index contributed by atoms with van der Waals surface area (Å²) in [5.74, 6) is 0.284. The normalized spacial score (nSPS) is 13.8. The summed E-state index contributed by atoms with van der Waals surface area (Å²) in [4.78, 5) is 11.8. The molecule has 0 aliphatic carbocycles. The van der Waals surface area contributed by atoms with Crippen LogP contribution in [0.1, 0.15) is 45.2 Å². The second-order valence-corrected chi connectivity index (χ2v) is 4.73. The van der Waals surface area contributed by atoms with Gasteiger partial charge in [0, 0.05) is 12.6 Å². The second-order valence-electron chi connectivity index (χ2n) is 4.73. The average molecular weight is 264 g/mol. The second kappa shape index (κ2) is 7.79. The Bertz CT molecular complexity index is 390. The van der Waals surface area contributed by atoms with Gasteiger partial charge in [0.05, 0.1) is 6.04 Å². The van der Waals surface area contributed by atoms with E-state index in [2.05, 4.69) is 17.6 Å². The van der Waals surface area contributed by atoms with E-state index in [4.69, 9.17) is 0 Å². The van der Waals surface area contributed by atoms with Crippen molar-refractivity contribution in [2.45, 2.75) is 45.7 Å². The van der Waals surface area contributed by atoms with E-state index in [-0.39, 0.29) is 23.7 Å². The molecule has 1 aromatic rings. The van der Waals surface area contributed by atoms with Crippen molar-refractivity contribution in [2.75, 3.05) is 6.54 Å². The highest BCUT2D eigenvalue weighted by molar-refractivity contribution is 5.81. The molecule has 3 N–H and O–H groups in total. The molecule has 0 saturated carbocycles. The number of carbonyl (C=O) groups is 1. The maximum atomic E-state index is 11.8. The van der Waals surface area contributed by atoms with Gasteiger partial charge < -0.3 is 10.4 Å². The highest BCUT2D eigenvalue weighted by Crippen LogP contribution is 2.19. The van der Waals surface area contributed by atoms with Crippen molar-refractivity contribution in [3.63, 3.8) is 0 Å². The molecule has 2 atom stereocenters. The quantitative estimate of drug-likeness (QED) is 0.708. The number of nitrogens with one attached hydrogen (secondary N) is 2. The fourth-order valence-corrected chi connectivity index (χ4v) is 1.94. The third kappa shape index (κ3) is 4.91. The van der Waals surface area contributed by atoms with Gasteiger partial charge in [-0.1, -0.05) is 26.0 Å². The first-order valence-electron chi connectivity index (χ1n) is 6.91. The summed E-state index contributed by atoms with van der Waals surface area (Å²) >= 11 is 0. The van der Waals surface area contributed by atoms with Crippen LogP contribution in [0.15, 0.2) is 24.3 Å². The van der Waals surface area contributed by atoms with Crippen molar-refractivity contribution >= 4 is 5.91 Å². The van der Waals surface area contributed by atoms with E-state index < -0.39 is 0 Å². The molecule has 19 heavy (non-hydrogen) atoms. The van der Waals surface area contributed by atoms with Gasteiger partial charge in [-0.05, 0) is 37.5 Å². The Morgan fingerprint density at radius 3 is 2.42 bits per heavy atom. The Hall–Kier alpha value is -1.55. The Kier molecular flexibility index (Phi) is 6.36. The highest BCUT2D eigenvalue weighted by atomic mass is 16.3. The zero-order valence-electron chi connectivity index (χ0n) is 11.9. The monoisotopic (exact) mass is 264 g/mol. The van der Waals surface area contributed by atoms with Crippen LogP contribution in [0.5, 0.6) is 5.75 Å². The van der Waals surface area contributed by atoms with Crippen LogP contribution in [0.2, 0.25) is 0 Å². The predicted octanol–water partition coefficient (Wildman–Crippen LogP) is 2.35. The number of benzene rings is 1. The van der Waals surface area contributed by atoms with E-state index in [1.807, 2.05) is 26.0 Å². The van der Waals surface area contributed by atoms with Crippen LogP contribution in [-0.2, 0) is 4.79 Å². The summed E-state index contributed by atoms with van der Waals surface area (Å²) < 4.78 is 0. The number of phenolic OH excluding ortho intramolecular Hbond substituents is 1. The van der Waals surface area contributed by atoms with E-state index in [1.54, 1.807) is 12.1 Å². The van der Waals surface area contributed by atoms with Gasteiger partial charge in [-0.15, -0.1) is 0 Å². The molecule has 1 rings (SSSR count). The van der Waals surface area contributed by atoms with Crippen LogP contribution in [-0.4, -0.2) is 23.6 Å². The van der Waals surface area contributed by atoms with Crippen molar-refractivity contribution in [3.05, 3.63) is 29.8 Å². The van der Waals surface area contributed by atoms with Crippen molar-refractivity contribution in [1.82, 2.24) is 10.6 Å². The minimum Gasteiger partial charge on any atom is -0.508 e. The smallest absolute Gasteiger partial charge is 0.236 e. The SMILES string of the molecule is CCCNC(=O)C(C)NC(CC)c1ccc(O)cc1. The lowest BCUT2D eigenvalue weighted by molar-refractivity contribution is -0.122. The largest absolute Gasteiger partial charge is 0.508 e. The summed E-state index contributed by atoms with van der Waals surface area (Å²) in [6.07, 6.45) is 1.82. The molecule has 0 heterocycles. The molecule has 4 heteroatoms. The molecular formula is C15H24N2O2. The van der Waals surface area contributed by atoms with Gasteiger partial charge in [0.1, 0.15) is 5.75 Å². The van der Waals surface area contributed by atoms with Gasteiger partial charge in [0.2, 0.25) is 5.91 Å². The van der Waals surface area contributed by atoms with E-state index in [9.17, 15) is 9.90 Å². The number of carbonyl (C=O) groups excluding carboxylic acids is 1. The van der Waals surface area contributed by atoms with Crippen molar-refractivity contribution in [3.8, 4) is 5.75 Å². The van der Waals surface area contributed by atoms with E-state index in [1.165, 1.54) is 0 Å². The van der Waals surface area contributed by atoms with Crippen molar-refractivity contribution < 1.29 is 9.90 Å². The molecule has 0 aliphatic heterocycles. The molecule has 4 nitrogen and oxygen atoms in total. The molecule has 2 unspecified atom stereocenters. The Morgan fingerprint density at radius 2 is 1.89 bits per heavy atom. The van der Waals surface area contributed by atoms with Crippen molar-refractivity contribution in [1.29, 1.82) is 0 Å². The lowest BCUT2D eigenvalue weighted by Gasteiger charge is -2.22. The third-order valence-corrected chi connectivity index (χ3v) is 3.10. The summed E-state index contributed by atoms with van der Waals surface area (Å²) in [6, 6.07) is 6.98. The van der Waals surface area contributed by atoms with Crippen molar-refractivity contribution in [2.24, 2.45) is 0 Å². The molecule has 0 bridgehead atoms. The first-order chi connectivity index (χ1) is 9.08. The predicted molar refractivity (Wildman–Crippen MR) is 77.0 cm³/mol. The molecule has 0 aliphatic rings. The minimum atomic E-state index is -0.231. The fourth-order valence-electron chi connectivity index (χ4n) is 1.94. The highest BCUT2D eigenvalue weighted by Gasteiger charge is 2.17. The molecule has 1 amide bonds. The molecule has 0 aromatic heterocycles. The van der Waals surface area contributed by atoms with E-state index >= 15 is 0 Å². The summed E-state index contributed by atoms with van der Waals surface area (Å²) in [6.45, 7) is 6.68. The summed E-state index contributed by atoms with van der Waals surface area (Å²) in [5.41, 5.74) is 1.08. The van der Waals surface area contributed by atoms with Gasteiger partial charge >= 0.3 is 0 Å². The Labute approximate surface area is 115 Å². The van der Waals surface area contributed by atoms with Crippen LogP contribution in [0.25, 0.3) is 0 Å². The minimum absolute atomic E-state index is 0.0269. The summed E-state index contributed by atoms with van der Waals surface area (Å²) in [7, 11) is 0. The maximum Gasteiger partial charge on any atom is 0.236 e. The van der Waals surface area contributed by atoms with Crippen LogP contribution >= 0.6 is 0 Å². The summed E-state index contributed by atoms with van der Waals surface area (Å²) in [5, 5.41) is 15.5. The Balaban J connectivity index is 2.61. The number of aromatic hydroxyl groups is 1. The third-order valence-electron chi connectivity index (χ3n) is 3.10. The fraction of sp³-hybridized carbons (Fsp3) is 0.533. The Morgan fingerprint density at radius 1 is 1.26 bits per heavy atom. The lowest BCUT2D eigenvalue weighted by Crippen LogP contribution is -2.43. The van der Waals surface area contributed by atoms with Gasteiger partial charge in [-0.25, -0.2) is 0 Å². The van der Waals surface area contributed by atoms with Gasteiger partial charge in [-0.3, -0.25) is 10.1 Å². The molecule has 1 aromatic carbocycles. The molecular weight excluding hydrogens is 240 g/mol. The number of phenols is 1. The number of amides is 1. The van der Waals surface area contributed by atoms with E-state index in [0.29, 0.717) is 6.54 Å². The number of hydrogen-bond acceptors (Lipinski definition) is 3. The van der Waals surface area contributed by atoms with Gasteiger partial charge in [0.25, 0.3) is 0 Å². The zero-order valence-corrected chi connectivity index (χ0v) is 11.9. The van der Waals surface area contributed by atoms with Crippen LogP contribution in [0, 0.1) is 0 Å². The molecule has 106 valence electrons. The first kappa shape index (κ1) is 15.5. The van der Waals surface area contributed by atoms with E-state index in [0.717, 1.165) is 18.4 Å². The first-order valence-corrected chi connectivity index (χ1v) is 6.91. The van der Waals surface area contributed by atoms with Gasteiger partial charge in [0.15, 0.2) is 0 Å². The number of rotatable bonds is 7. The molecule has 0 fully saturated rings. The lowest BCUT2D eigenvalue weighted by atomic mass is 10.0. The number of hydrogen-bond donors (Lipinski definition) is 3. The standard InChI is InChI=1S/C15H24N2O2/c1-4-10-16-15(19)11(3)17-14(5-2)12-6-8-13(18)9-7-12/h6-9,11,14,17-18H,4-5,10H2,1-3H3,(H,16,19). The molecule has 0 saturated heterocycles. The van der Waals surface area contributed by atoms with Gasteiger partial charge in [-0.2, -0.15) is 0 Å². The van der Waals surface area contributed by atoms with Crippen LogP contribution in [0.3, 0.4) is 0 Å². The molecule has 0 spiro atoms.